The third-order valence-electron chi connectivity index (χ3n) is 3.08. The van der Waals surface area contributed by atoms with Gasteiger partial charge in [-0.1, -0.05) is 63.8 Å². The molecule has 1 aromatic heterocycles. The molecule has 2 aromatic rings. The molecule has 0 radical (unpaired) electrons. The van der Waals surface area contributed by atoms with Crippen LogP contribution in [0.3, 0.4) is 0 Å². The van der Waals surface area contributed by atoms with E-state index in [0.717, 1.165) is 27.2 Å². The summed E-state index contributed by atoms with van der Waals surface area (Å²) in [5, 5.41) is 2.05. The zero-order valence-electron chi connectivity index (χ0n) is 12.7. The molecular weight excluding hydrogens is 244 g/mol. The minimum absolute atomic E-state index is 0.160. The first-order chi connectivity index (χ1) is 9.42. The molecule has 1 heterocycles. The Morgan fingerprint density at radius 2 is 1.95 bits per heavy atom. The number of hydrogen-bond donors (Lipinski definition) is 0. The zero-order chi connectivity index (χ0) is 14.8. The van der Waals surface area contributed by atoms with E-state index >= 15 is 0 Å². The first kappa shape index (κ1) is 14.4. The van der Waals surface area contributed by atoms with Crippen molar-refractivity contribution in [3.05, 3.63) is 52.6 Å². The van der Waals surface area contributed by atoms with Gasteiger partial charge in [0.2, 0.25) is 0 Å². The van der Waals surface area contributed by atoms with Gasteiger partial charge in [0, 0.05) is 10.6 Å². The Morgan fingerprint density at radius 3 is 2.60 bits per heavy atom. The molecule has 0 bridgehead atoms. The molecule has 0 aliphatic carbocycles. The van der Waals surface area contributed by atoms with Gasteiger partial charge in [0.15, 0.2) is 0 Å². The number of furan rings is 1. The summed E-state index contributed by atoms with van der Waals surface area (Å²) in [6.45, 7) is 12.7. The maximum Gasteiger partial charge on any atom is 0.136 e. The second-order valence-corrected chi connectivity index (χ2v) is 6.06. The van der Waals surface area contributed by atoms with Crippen LogP contribution in [0.1, 0.15) is 33.3 Å². The lowest BCUT2D eigenvalue weighted by Crippen LogP contribution is -2.17. The molecule has 0 saturated carbocycles. The van der Waals surface area contributed by atoms with E-state index in [1.165, 1.54) is 0 Å². The molecule has 20 heavy (non-hydrogen) atoms. The van der Waals surface area contributed by atoms with Crippen LogP contribution >= 0.6 is 0 Å². The molecule has 0 amide bonds. The third-order valence-corrected chi connectivity index (χ3v) is 3.08. The first-order valence-electron chi connectivity index (χ1n) is 6.95. The van der Waals surface area contributed by atoms with Crippen molar-refractivity contribution in [2.24, 2.45) is 5.41 Å². The van der Waals surface area contributed by atoms with Gasteiger partial charge in [0.05, 0.1) is 0 Å². The Kier molecular flexibility index (Phi) is 3.99. The van der Waals surface area contributed by atoms with E-state index < -0.39 is 0 Å². The molecule has 0 saturated heterocycles. The van der Waals surface area contributed by atoms with E-state index in [4.69, 9.17) is 4.42 Å². The summed E-state index contributed by atoms with van der Waals surface area (Å²) in [7, 11) is 0. The summed E-state index contributed by atoms with van der Waals surface area (Å²) < 4.78 is 5.87. The zero-order valence-corrected chi connectivity index (χ0v) is 12.7. The summed E-state index contributed by atoms with van der Waals surface area (Å²) in [5.74, 6) is 0. The summed E-state index contributed by atoms with van der Waals surface area (Å²) in [4.78, 5) is 0. The Hall–Kier alpha value is -2.02. The summed E-state index contributed by atoms with van der Waals surface area (Å²) in [6, 6.07) is 6.12. The maximum atomic E-state index is 5.87. The molecule has 104 valence electrons. The first-order valence-corrected chi connectivity index (χ1v) is 6.95. The second kappa shape index (κ2) is 5.54. The van der Waals surface area contributed by atoms with Crippen LogP contribution in [0, 0.1) is 5.41 Å². The third kappa shape index (κ3) is 3.11. The number of rotatable bonds is 2. The molecule has 1 nitrogen and oxygen atoms in total. The van der Waals surface area contributed by atoms with Gasteiger partial charge in [0.25, 0.3) is 0 Å². The van der Waals surface area contributed by atoms with Crippen LogP contribution in [0.25, 0.3) is 29.7 Å². The Labute approximate surface area is 120 Å². The monoisotopic (exact) mass is 266 g/mol. The molecule has 2 rings (SSSR count). The van der Waals surface area contributed by atoms with Crippen LogP contribution in [0.5, 0.6) is 0 Å². The van der Waals surface area contributed by atoms with E-state index in [1.807, 2.05) is 37.3 Å². The molecule has 1 heteroatoms. The van der Waals surface area contributed by atoms with Crippen molar-refractivity contribution < 1.29 is 4.42 Å². The molecule has 0 aliphatic rings. The van der Waals surface area contributed by atoms with Gasteiger partial charge in [-0.05, 0) is 30.0 Å². The molecule has 1 aromatic carbocycles. The van der Waals surface area contributed by atoms with Crippen molar-refractivity contribution in [1.29, 1.82) is 0 Å². The number of benzene rings is 1. The van der Waals surface area contributed by atoms with Gasteiger partial charge in [-0.15, -0.1) is 0 Å². The fourth-order valence-corrected chi connectivity index (χ4v) is 2.06. The van der Waals surface area contributed by atoms with Gasteiger partial charge in [-0.3, -0.25) is 0 Å². The Balaban J connectivity index is 2.67. The average molecular weight is 266 g/mol. The van der Waals surface area contributed by atoms with Crippen molar-refractivity contribution in [2.45, 2.75) is 27.7 Å². The summed E-state index contributed by atoms with van der Waals surface area (Å²) >= 11 is 0. The predicted molar refractivity (Wildman–Crippen MR) is 88.8 cm³/mol. The highest BCUT2D eigenvalue weighted by atomic mass is 16.3. The minimum Gasteiger partial charge on any atom is -0.456 e. The van der Waals surface area contributed by atoms with E-state index in [0.29, 0.717) is 0 Å². The standard InChI is InChI=1S/C19H22O/c1-6-7-10-16-14(2)18-15(12-13-19(3,4)5)9-8-11-17(18)20-16/h6-13H,2H2,1,3-5H3/b7-6-,13-12-,16-10+. The van der Waals surface area contributed by atoms with Crippen molar-refractivity contribution in [1.82, 2.24) is 0 Å². The average Bonchev–Trinajstić information content (AvgIpc) is 2.70. The highest BCUT2D eigenvalue weighted by Crippen LogP contribution is 2.20. The van der Waals surface area contributed by atoms with E-state index in [9.17, 15) is 0 Å². The topological polar surface area (TPSA) is 13.1 Å². The van der Waals surface area contributed by atoms with Gasteiger partial charge >= 0.3 is 0 Å². The fraction of sp³-hybridized carbons (Fsp3) is 0.263. The molecular formula is C19H22O. The Morgan fingerprint density at radius 1 is 1.20 bits per heavy atom. The van der Waals surface area contributed by atoms with Crippen LogP contribution in [-0.2, 0) is 0 Å². The lowest BCUT2D eigenvalue weighted by molar-refractivity contribution is 0.547. The number of allylic oxidation sites excluding steroid dienone is 3. The van der Waals surface area contributed by atoms with E-state index in [2.05, 4.69) is 45.6 Å². The SMILES string of the molecule is C=c1/c(=C\C=C/C)oc2cccc(/C=C\C(C)(C)C)c12. The van der Waals surface area contributed by atoms with Crippen molar-refractivity contribution in [3.63, 3.8) is 0 Å². The quantitative estimate of drug-likeness (QED) is 0.791. The number of fused-ring (bicyclic) bond motifs is 1. The van der Waals surface area contributed by atoms with Crippen molar-refractivity contribution in [2.75, 3.05) is 0 Å². The maximum absolute atomic E-state index is 5.87. The van der Waals surface area contributed by atoms with E-state index in [-0.39, 0.29) is 5.41 Å². The second-order valence-electron chi connectivity index (χ2n) is 6.06. The molecule has 0 atom stereocenters. The predicted octanol–water partition coefficient (Wildman–Crippen LogP) is 4.26. The molecule has 0 N–H and O–H groups in total. The molecule has 0 aliphatic heterocycles. The van der Waals surface area contributed by atoms with Crippen LogP contribution in [0.2, 0.25) is 0 Å². The highest BCUT2D eigenvalue weighted by molar-refractivity contribution is 5.87. The molecule has 0 unspecified atom stereocenters. The van der Waals surface area contributed by atoms with Crippen LogP contribution in [0.4, 0.5) is 0 Å². The lowest BCUT2D eigenvalue weighted by Gasteiger charge is -2.11. The van der Waals surface area contributed by atoms with Gasteiger partial charge in [-0.2, -0.15) is 0 Å². The smallest absolute Gasteiger partial charge is 0.136 e. The highest BCUT2D eigenvalue weighted by Gasteiger charge is 2.07. The minimum atomic E-state index is 0.160. The van der Waals surface area contributed by atoms with Gasteiger partial charge in [0.1, 0.15) is 11.0 Å². The van der Waals surface area contributed by atoms with Crippen LogP contribution < -0.4 is 10.6 Å². The lowest BCUT2D eigenvalue weighted by atomic mass is 9.95. The number of hydrogen-bond acceptors (Lipinski definition) is 1. The molecule has 0 spiro atoms. The van der Waals surface area contributed by atoms with E-state index in [1.54, 1.807) is 0 Å². The van der Waals surface area contributed by atoms with Crippen LogP contribution in [-0.4, -0.2) is 0 Å². The van der Waals surface area contributed by atoms with Crippen molar-refractivity contribution in [3.8, 4) is 0 Å². The van der Waals surface area contributed by atoms with Gasteiger partial charge in [-0.25, -0.2) is 0 Å². The van der Waals surface area contributed by atoms with Crippen LogP contribution in [0.15, 0.2) is 40.8 Å². The summed E-state index contributed by atoms with van der Waals surface area (Å²) in [6.07, 6.45) is 10.3. The molecule has 0 fully saturated rings. The largest absolute Gasteiger partial charge is 0.456 e. The van der Waals surface area contributed by atoms with Gasteiger partial charge < -0.3 is 4.42 Å². The normalized spacial score (nSPS) is 14.1. The van der Waals surface area contributed by atoms with Crippen molar-refractivity contribution >= 4 is 29.7 Å². The fourth-order valence-electron chi connectivity index (χ4n) is 2.06. The summed E-state index contributed by atoms with van der Waals surface area (Å²) in [5.41, 5.74) is 3.04. The Bertz CT molecular complexity index is 764.